The van der Waals surface area contributed by atoms with Crippen LogP contribution in [0.5, 0.6) is 0 Å². The largest absolute Gasteiger partial charge is 0.478 e. The number of hydrogen-bond donors (Lipinski definition) is 1. The van der Waals surface area contributed by atoms with E-state index in [1.807, 2.05) is 19.1 Å². The molecule has 1 aromatic heterocycles. The van der Waals surface area contributed by atoms with Crippen LogP contribution in [-0.2, 0) is 0 Å². The van der Waals surface area contributed by atoms with Gasteiger partial charge < -0.3 is 5.11 Å². The standard InChI is InChI=1S/C10H8O2S/c1-6-5-7-3-2-4-8(10(11)12)9(7)13-6/h2-5H,1H3,(H,11,12). The van der Waals surface area contributed by atoms with E-state index in [1.54, 1.807) is 12.1 Å². The minimum Gasteiger partial charge on any atom is -0.478 e. The summed E-state index contributed by atoms with van der Waals surface area (Å²) in [5.74, 6) is -0.854. The summed E-state index contributed by atoms with van der Waals surface area (Å²) < 4.78 is 0.868. The molecule has 1 N–H and O–H groups in total. The fraction of sp³-hybridized carbons (Fsp3) is 0.100. The first kappa shape index (κ1) is 8.26. The summed E-state index contributed by atoms with van der Waals surface area (Å²) in [6.45, 7) is 1.98. The second-order valence-electron chi connectivity index (χ2n) is 2.89. The smallest absolute Gasteiger partial charge is 0.337 e. The van der Waals surface area contributed by atoms with Gasteiger partial charge in [0.15, 0.2) is 0 Å². The van der Waals surface area contributed by atoms with E-state index in [4.69, 9.17) is 5.11 Å². The number of aryl methyl sites for hydroxylation is 1. The van der Waals surface area contributed by atoms with Crippen LogP contribution >= 0.6 is 11.3 Å². The zero-order valence-electron chi connectivity index (χ0n) is 7.07. The molecule has 0 atom stereocenters. The number of aromatic carboxylic acids is 1. The monoisotopic (exact) mass is 192 g/mol. The van der Waals surface area contributed by atoms with Gasteiger partial charge in [-0.3, -0.25) is 0 Å². The predicted octanol–water partition coefficient (Wildman–Crippen LogP) is 2.91. The maximum atomic E-state index is 10.8. The second-order valence-corrected chi connectivity index (χ2v) is 4.14. The quantitative estimate of drug-likeness (QED) is 0.754. The van der Waals surface area contributed by atoms with E-state index >= 15 is 0 Å². The number of thiophene rings is 1. The normalized spacial score (nSPS) is 10.5. The van der Waals surface area contributed by atoms with Crippen molar-refractivity contribution in [2.24, 2.45) is 0 Å². The van der Waals surface area contributed by atoms with Crippen LogP contribution in [0.15, 0.2) is 24.3 Å². The van der Waals surface area contributed by atoms with Gasteiger partial charge in [0.2, 0.25) is 0 Å². The SMILES string of the molecule is Cc1cc2cccc(C(=O)O)c2s1. The number of benzene rings is 1. The molecule has 0 aliphatic carbocycles. The molecule has 0 saturated carbocycles. The lowest BCUT2D eigenvalue weighted by Crippen LogP contribution is -1.94. The number of carbonyl (C=O) groups is 1. The van der Waals surface area contributed by atoms with E-state index in [0.717, 1.165) is 15.0 Å². The third-order valence-corrected chi connectivity index (χ3v) is 3.00. The van der Waals surface area contributed by atoms with Crippen molar-refractivity contribution in [3.05, 3.63) is 34.7 Å². The highest BCUT2D eigenvalue weighted by molar-refractivity contribution is 7.19. The fourth-order valence-corrected chi connectivity index (χ4v) is 2.38. The van der Waals surface area contributed by atoms with Crippen molar-refractivity contribution in [1.29, 1.82) is 0 Å². The van der Waals surface area contributed by atoms with Gasteiger partial charge in [0.05, 0.1) is 5.56 Å². The van der Waals surface area contributed by atoms with Crippen molar-refractivity contribution >= 4 is 27.4 Å². The molecule has 66 valence electrons. The fourth-order valence-electron chi connectivity index (χ4n) is 1.36. The molecular formula is C10H8O2S. The average molecular weight is 192 g/mol. The highest BCUT2D eigenvalue weighted by Crippen LogP contribution is 2.27. The molecule has 13 heavy (non-hydrogen) atoms. The Labute approximate surface area is 79.4 Å². The van der Waals surface area contributed by atoms with Crippen molar-refractivity contribution in [2.45, 2.75) is 6.92 Å². The maximum absolute atomic E-state index is 10.8. The molecule has 0 unspecified atom stereocenters. The molecule has 0 aliphatic rings. The number of carboxylic acid groups (broad SMARTS) is 1. The Balaban J connectivity index is 2.82. The second kappa shape index (κ2) is 2.85. The molecule has 0 radical (unpaired) electrons. The van der Waals surface area contributed by atoms with Gasteiger partial charge in [-0.25, -0.2) is 4.79 Å². The molecule has 1 heterocycles. The van der Waals surface area contributed by atoms with E-state index < -0.39 is 5.97 Å². The molecule has 0 bridgehead atoms. The van der Waals surface area contributed by atoms with Crippen LogP contribution in [0.2, 0.25) is 0 Å². The van der Waals surface area contributed by atoms with Crippen molar-refractivity contribution in [3.63, 3.8) is 0 Å². The van der Waals surface area contributed by atoms with Crippen LogP contribution in [0.1, 0.15) is 15.2 Å². The lowest BCUT2D eigenvalue weighted by Gasteiger charge is -1.94. The molecule has 0 spiro atoms. The number of rotatable bonds is 1. The third kappa shape index (κ3) is 1.31. The van der Waals surface area contributed by atoms with E-state index in [1.165, 1.54) is 11.3 Å². The van der Waals surface area contributed by atoms with Gasteiger partial charge in [0.25, 0.3) is 0 Å². The summed E-state index contributed by atoms with van der Waals surface area (Å²) in [7, 11) is 0. The zero-order valence-corrected chi connectivity index (χ0v) is 7.89. The highest BCUT2D eigenvalue weighted by atomic mass is 32.1. The average Bonchev–Trinajstić information content (AvgIpc) is 2.43. The Hall–Kier alpha value is -1.35. The minimum absolute atomic E-state index is 0.399. The van der Waals surface area contributed by atoms with Crippen LogP contribution in [-0.4, -0.2) is 11.1 Å². The molecule has 2 nitrogen and oxygen atoms in total. The van der Waals surface area contributed by atoms with E-state index in [9.17, 15) is 4.79 Å². The van der Waals surface area contributed by atoms with Crippen molar-refractivity contribution in [1.82, 2.24) is 0 Å². The molecule has 2 rings (SSSR count). The van der Waals surface area contributed by atoms with Gasteiger partial charge in [-0.2, -0.15) is 0 Å². The Morgan fingerprint density at radius 3 is 2.92 bits per heavy atom. The van der Waals surface area contributed by atoms with Crippen molar-refractivity contribution < 1.29 is 9.90 Å². The van der Waals surface area contributed by atoms with Crippen molar-refractivity contribution in [2.75, 3.05) is 0 Å². The molecule has 0 saturated heterocycles. The lowest BCUT2D eigenvalue weighted by atomic mass is 10.1. The van der Waals surface area contributed by atoms with Crippen LogP contribution in [0, 0.1) is 6.92 Å². The molecule has 0 aliphatic heterocycles. The first-order valence-electron chi connectivity index (χ1n) is 3.91. The third-order valence-electron chi connectivity index (χ3n) is 1.90. The van der Waals surface area contributed by atoms with Gasteiger partial charge >= 0.3 is 5.97 Å². The molecule has 0 fully saturated rings. The minimum atomic E-state index is -0.854. The summed E-state index contributed by atoms with van der Waals surface area (Å²) in [5.41, 5.74) is 0.399. The number of carboxylic acids is 1. The summed E-state index contributed by atoms with van der Waals surface area (Å²) in [6.07, 6.45) is 0. The molecule has 3 heteroatoms. The van der Waals surface area contributed by atoms with Crippen LogP contribution in [0.3, 0.4) is 0 Å². The summed E-state index contributed by atoms with van der Waals surface area (Å²) in [4.78, 5) is 12.0. The van der Waals surface area contributed by atoms with Crippen LogP contribution in [0.4, 0.5) is 0 Å². The number of fused-ring (bicyclic) bond motifs is 1. The Bertz CT molecular complexity index is 471. The first-order valence-corrected chi connectivity index (χ1v) is 4.72. The Morgan fingerprint density at radius 2 is 2.23 bits per heavy atom. The zero-order chi connectivity index (χ0) is 9.42. The van der Waals surface area contributed by atoms with Crippen LogP contribution in [0.25, 0.3) is 10.1 Å². The van der Waals surface area contributed by atoms with Gasteiger partial charge in [-0.1, -0.05) is 12.1 Å². The van der Waals surface area contributed by atoms with Gasteiger partial charge in [0, 0.05) is 9.58 Å². The Morgan fingerprint density at radius 1 is 1.46 bits per heavy atom. The topological polar surface area (TPSA) is 37.3 Å². The summed E-state index contributed by atoms with van der Waals surface area (Å²) >= 11 is 1.53. The van der Waals surface area contributed by atoms with E-state index in [-0.39, 0.29) is 0 Å². The lowest BCUT2D eigenvalue weighted by molar-refractivity contribution is 0.0699. The van der Waals surface area contributed by atoms with E-state index in [2.05, 4.69) is 0 Å². The molecular weight excluding hydrogens is 184 g/mol. The number of hydrogen-bond acceptors (Lipinski definition) is 2. The first-order chi connectivity index (χ1) is 6.18. The summed E-state index contributed by atoms with van der Waals surface area (Å²) in [6, 6.07) is 7.36. The molecule has 0 amide bonds. The summed E-state index contributed by atoms with van der Waals surface area (Å²) in [5, 5.41) is 9.91. The van der Waals surface area contributed by atoms with Crippen LogP contribution < -0.4 is 0 Å². The highest BCUT2D eigenvalue weighted by Gasteiger charge is 2.09. The molecule has 1 aromatic carbocycles. The van der Waals surface area contributed by atoms with Gasteiger partial charge in [-0.05, 0) is 24.4 Å². The van der Waals surface area contributed by atoms with Crippen molar-refractivity contribution in [3.8, 4) is 0 Å². The predicted molar refractivity (Wildman–Crippen MR) is 53.5 cm³/mol. The molecule has 2 aromatic rings. The van der Waals surface area contributed by atoms with Gasteiger partial charge in [0.1, 0.15) is 0 Å². The van der Waals surface area contributed by atoms with Gasteiger partial charge in [-0.15, -0.1) is 11.3 Å². The van der Waals surface area contributed by atoms with E-state index in [0.29, 0.717) is 5.56 Å². The Kier molecular flexibility index (Phi) is 1.81. The maximum Gasteiger partial charge on any atom is 0.337 e.